The highest BCUT2D eigenvalue weighted by molar-refractivity contribution is 5.99. The highest BCUT2D eigenvalue weighted by Gasteiger charge is 2.47. The second kappa shape index (κ2) is 7.59. The van der Waals surface area contributed by atoms with Gasteiger partial charge in [0.2, 0.25) is 0 Å². The average Bonchev–Trinajstić information content (AvgIpc) is 3.32. The lowest BCUT2D eigenvalue weighted by molar-refractivity contribution is -0.111. The van der Waals surface area contributed by atoms with E-state index in [1.165, 1.54) is 0 Å². The van der Waals surface area contributed by atoms with Gasteiger partial charge in [0.05, 0.1) is 35.5 Å². The number of ether oxygens (including phenoxy) is 1. The van der Waals surface area contributed by atoms with E-state index < -0.39 is 5.60 Å². The van der Waals surface area contributed by atoms with E-state index in [1.54, 1.807) is 46.4 Å². The Bertz CT molecular complexity index is 1470. The molecule has 9 nitrogen and oxygen atoms in total. The maximum absolute atomic E-state index is 13.1. The number of aliphatic hydroxyl groups is 1. The lowest BCUT2D eigenvalue weighted by atomic mass is 9.86. The Morgan fingerprint density at radius 1 is 1.24 bits per heavy atom. The first-order chi connectivity index (χ1) is 16.1. The van der Waals surface area contributed by atoms with Gasteiger partial charge in [0.25, 0.3) is 5.91 Å². The van der Waals surface area contributed by atoms with Gasteiger partial charge in [-0.2, -0.15) is 5.10 Å². The molecular weight excluding hydrogens is 434 g/mol. The van der Waals surface area contributed by atoms with E-state index in [2.05, 4.69) is 10.4 Å². The number of rotatable bonds is 3. The highest BCUT2D eigenvalue weighted by Crippen LogP contribution is 2.35. The van der Waals surface area contributed by atoms with Gasteiger partial charge in [0.15, 0.2) is 5.75 Å². The van der Waals surface area contributed by atoms with Crippen molar-refractivity contribution in [3.63, 3.8) is 0 Å². The summed E-state index contributed by atoms with van der Waals surface area (Å²) >= 11 is 0. The number of carbonyl (C=O) groups is 2. The summed E-state index contributed by atoms with van der Waals surface area (Å²) in [4.78, 5) is 27.0. The summed E-state index contributed by atoms with van der Waals surface area (Å²) in [6, 6.07) is 8.78. The molecule has 0 aliphatic carbocycles. The van der Waals surface area contributed by atoms with Gasteiger partial charge in [-0.3, -0.25) is 9.36 Å². The van der Waals surface area contributed by atoms with Crippen molar-refractivity contribution in [3.8, 4) is 11.5 Å². The third-order valence-corrected chi connectivity index (χ3v) is 6.84. The van der Waals surface area contributed by atoms with E-state index in [9.17, 15) is 14.7 Å². The summed E-state index contributed by atoms with van der Waals surface area (Å²) in [6.45, 7) is 7.62. The molecule has 0 spiro atoms. The number of hydrogen-bond donors (Lipinski definition) is 2. The Hall–Kier alpha value is -3.85. The summed E-state index contributed by atoms with van der Waals surface area (Å²) in [6.07, 6.45) is 3.33. The quantitative estimate of drug-likeness (QED) is 0.487. The number of nitrogens with zero attached hydrogens (tertiary/aromatic N) is 4. The van der Waals surface area contributed by atoms with Crippen LogP contribution in [0.2, 0.25) is 0 Å². The van der Waals surface area contributed by atoms with Crippen molar-refractivity contribution in [2.45, 2.75) is 39.3 Å². The monoisotopic (exact) mass is 461 g/mol. The van der Waals surface area contributed by atoms with Crippen LogP contribution in [0, 0.1) is 13.8 Å². The van der Waals surface area contributed by atoms with Crippen molar-refractivity contribution in [1.29, 1.82) is 0 Å². The smallest absolute Gasteiger partial charge is 0.325 e. The van der Waals surface area contributed by atoms with Crippen LogP contribution in [0.3, 0.4) is 0 Å². The number of nitrogens with one attached hydrogen (secondary N) is 1. The molecule has 0 saturated carbocycles. The molecule has 1 aromatic carbocycles. The van der Waals surface area contributed by atoms with Gasteiger partial charge in [-0.1, -0.05) is 0 Å². The molecule has 5 rings (SSSR count). The third kappa shape index (κ3) is 3.23. The van der Waals surface area contributed by atoms with E-state index >= 15 is 0 Å². The lowest BCUT2D eigenvalue weighted by Crippen LogP contribution is -2.68. The fourth-order valence-corrected chi connectivity index (χ4v) is 4.66. The first-order valence-electron chi connectivity index (χ1n) is 11.1. The molecule has 34 heavy (non-hydrogen) atoms. The summed E-state index contributed by atoms with van der Waals surface area (Å²) < 4.78 is 9.49. The van der Waals surface area contributed by atoms with E-state index in [0.717, 1.165) is 22.2 Å². The predicted molar refractivity (Wildman–Crippen MR) is 128 cm³/mol. The molecule has 4 heterocycles. The Balaban J connectivity index is 1.50. The molecule has 1 fully saturated rings. The molecule has 4 aromatic rings. The fraction of sp³-hybridized carbons (Fsp3) is 0.320. The molecule has 2 amide bonds. The topological polar surface area (TPSA) is 101 Å². The minimum Gasteiger partial charge on any atom is -0.455 e. The SMILES string of the molecule is CNC(=O)n1c(C)cc2cc(Oc3ccnn4cc(C(=O)N5C[C@](C)(O)[C@@H]5C)c(C)c34)ccc21. The Kier molecular flexibility index (Phi) is 4.91. The van der Waals surface area contributed by atoms with Gasteiger partial charge in [-0.05, 0) is 57.5 Å². The number of amides is 2. The number of carbonyl (C=O) groups excluding carboxylic acids is 2. The summed E-state index contributed by atoms with van der Waals surface area (Å²) in [5.41, 5.74) is 2.72. The van der Waals surface area contributed by atoms with Crippen LogP contribution < -0.4 is 10.1 Å². The zero-order chi connectivity index (χ0) is 24.4. The second-order valence-corrected chi connectivity index (χ2v) is 9.12. The van der Waals surface area contributed by atoms with Crippen LogP contribution in [-0.4, -0.2) is 61.4 Å². The van der Waals surface area contributed by atoms with E-state index in [0.29, 0.717) is 29.1 Å². The van der Waals surface area contributed by atoms with Crippen LogP contribution >= 0.6 is 0 Å². The Morgan fingerprint density at radius 3 is 2.68 bits per heavy atom. The molecule has 9 heteroatoms. The molecule has 1 aliphatic rings. The first kappa shape index (κ1) is 22.0. The summed E-state index contributed by atoms with van der Waals surface area (Å²) in [5.74, 6) is 1.04. The maximum atomic E-state index is 13.1. The third-order valence-electron chi connectivity index (χ3n) is 6.84. The normalized spacial score (nSPS) is 19.9. The van der Waals surface area contributed by atoms with E-state index in [-0.39, 0.29) is 18.0 Å². The molecule has 3 aromatic heterocycles. The van der Waals surface area contributed by atoms with Crippen molar-refractivity contribution < 1.29 is 19.4 Å². The number of likely N-dealkylation sites (tertiary alicyclic amines) is 1. The fourth-order valence-electron chi connectivity index (χ4n) is 4.66. The minimum atomic E-state index is -0.872. The molecule has 0 bridgehead atoms. The number of benzene rings is 1. The molecule has 1 saturated heterocycles. The summed E-state index contributed by atoms with van der Waals surface area (Å²) in [7, 11) is 1.60. The van der Waals surface area contributed by atoms with Gasteiger partial charge >= 0.3 is 6.03 Å². The maximum Gasteiger partial charge on any atom is 0.325 e. The van der Waals surface area contributed by atoms with Crippen molar-refractivity contribution in [1.82, 2.24) is 24.4 Å². The predicted octanol–water partition coefficient (Wildman–Crippen LogP) is 3.48. The average molecular weight is 462 g/mol. The van der Waals surface area contributed by atoms with Crippen LogP contribution in [0.4, 0.5) is 4.79 Å². The minimum absolute atomic E-state index is 0.139. The van der Waals surface area contributed by atoms with Crippen LogP contribution in [0.1, 0.15) is 35.5 Å². The van der Waals surface area contributed by atoms with Crippen molar-refractivity contribution in [2.75, 3.05) is 13.6 Å². The highest BCUT2D eigenvalue weighted by atomic mass is 16.5. The van der Waals surface area contributed by atoms with Crippen LogP contribution in [0.25, 0.3) is 16.4 Å². The molecule has 176 valence electrons. The molecule has 0 unspecified atom stereocenters. The molecular formula is C25H27N5O4. The first-order valence-corrected chi connectivity index (χ1v) is 11.1. The van der Waals surface area contributed by atoms with Crippen LogP contribution in [0.15, 0.2) is 42.7 Å². The number of aromatic nitrogens is 3. The lowest BCUT2D eigenvalue weighted by Gasteiger charge is -2.51. The Morgan fingerprint density at radius 2 is 2.00 bits per heavy atom. The zero-order valence-electron chi connectivity index (χ0n) is 19.8. The van der Waals surface area contributed by atoms with E-state index in [1.807, 2.05) is 45.0 Å². The standard InChI is InChI=1S/C25H27N5O4/c1-14-10-17-11-18(6-7-20(17)30(14)24(32)26-5)34-21-8-9-27-29-12-19(15(2)22(21)29)23(31)28-13-25(4,33)16(28)3/h6-12,16,33H,13H2,1-5H3,(H,26,32)/t16-,25-/m0/s1. The number of hydrogen-bond acceptors (Lipinski definition) is 5. The Labute approximate surface area is 196 Å². The molecule has 2 atom stereocenters. The van der Waals surface area contributed by atoms with Gasteiger partial charge < -0.3 is 20.1 Å². The zero-order valence-corrected chi connectivity index (χ0v) is 19.8. The van der Waals surface area contributed by atoms with Crippen molar-refractivity contribution in [2.24, 2.45) is 0 Å². The number of aryl methyl sites for hydroxylation is 2. The van der Waals surface area contributed by atoms with Crippen molar-refractivity contribution in [3.05, 3.63) is 59.5 Å². The van der Waals surface area contributed by atoms with Crippen LogP contribution in [-0.2, 0) is 0 Å². The second-order valence-electron chi connectivity index (χ2n) is 9.12. The largest absolute Gasteiger partial charge is 0.455 e. The molecule has 0 radical (unpaired) electrons. The number of β-amino-alcohol motifs (C(OH)–C–C–N with tert-alkyl or cyclic N) is 1. The van der Waals surface area contributed by atoms with Crippen LogP contribution in [0.5, 0.6) is 11.5 Å². The summed E-state index contributed by atoms with van der Waals surface area (Å²) in [5, 5.41) is 18.1. The molecule has 1 aliphatic heterocycles. The van der Waals surface area contributed by atoms with Gasteiger partial charge in [-0.25, -0.2) is 9.31 Å². The van der Waals surface area contributed by atoms with Gasteiger partial charge in [0, 0.05) is 30.4 Å². The molecule has 2 N–H and O–H groups in total. The van der Waals surface area contributed by atoms with E-state index in [4.69, 9.17) is 4.74 Å². The number of fused-ring (bicyclic) bond motifs is 2. The van der Waals surface area contributed by atoms with Crippen molar-refractivity contribution >= 4 is 28.4 Å². The van der Waals surface area contributed by atoms with Gasteiger partial charge in [-0.15, -0.1) is 0 Å². The van der Waals surface area contributed by atoms with Gasteiger partial charge in [0.1, 0.15) is 11.3 Å².